The highest BCUT2D eigenvalue weighted by atomic mass is 16.7. The number of ether oxygens (including phenoxy) is 1. The third kappa shape index (κ3) is 4.87. The lowest BCUT2D eigenvalue weighted by molar-refractivity contribution is -0.173. The zero-order chi connectivity index (χ0) is 9.40. The van der Waals surface area contributed by atoms with E-state index in [4.69, 9.17) is 4.74 Å². The minimum absolute atomic E-state index is 0.0503. The highest BCUT2D eigenvalue weighted by molar-refractivity contribution is 5.75. The highest BCUT2D eigenvalue weighted by Crippen LogP contribution is 1.86. The number of allylic oxidation sites excluding steroid dienone is 1. The predicted octanol–water partition coefficient (Wildman–Crippen LogP) is 0.599. The molecule has 0 aromatic heterocycles. The fourth-order valence-electron chi connectivity index (χ4n) is 0.503. The summed E-state index contributed by atoms with van der Waals surface area (Å²) in [5.74, 6) is -0.193. The molecule has 70 valence electrons. The summed E-state index contributed by atoms with van der Waals surface area (Å²) in [6.45, 7) is 2.40. The zero-order valence-corrected chi connectivity index (χ0v) is 7.74. The summed E-state index contributed by atoms with van der Waals surface area (Å²) in [7, 11) is 2.98. The van der Waals surface area contributed by atoms with E-state index in [2.05, 4.69) is 4.84 Å². The molecule has 4 nitrogen and oxygen atoms in total. The van der Waals surface area contributed by atoms with E-state index in [1.807, 2.05) is 19.1 Å². The molecule has 0 fully saturated rings. The Labute approximate surface area is 72.7 Å². The standard InChI is InChI=1S/C8H15NO3/c1-4-5-6-12-7-8(10)9(2)11-3/h4-5H,6-7H2,1-3H3/b5-4+. The Kier molecular flexibility index (Phi) is 6.32. The van der Waals surface area contributed by atoms with Crippen molar-refractivity contribution in [1.29, 1.82) is 0 Å². The molecule has 0 aromatic carbocycles. The Balaban J connectivity index is 3.43. The molecule has 0 bridgehead atoms. The van der Waals surface area contributed by atoms with Gasteiger partial charge in [-0.2, -0.15) is 0 Å². The summed E-state index contributed by atoms with van der Waals surface area (Å²) in [5, 5.41) is 1.13. The molecule has 0 aliphatic carbocycles. The van der Waals surface area contributed by atoms with Gasteiger partial charge in [-0.3, -0.25) is 9.63 Å². The summed E-state index contributed by atoms with van der Waals surface area (Å²) in [5.41, 5.74) is 0. The van der Waals surface area contributed by atoms with Gasteiger partial charge in [-0.05, 0) is 6.92 Å². The second kappa shape index (κ2) is 6.82. The maximum absolute atomic E-state index is 11.0. The summed E-state index contributed by atoms with van der Waals surface area (Å²) >= 11 is 0. The van der Waals surface area contributed by atoms with Crippen LogP contribution in [0.1, 0.15) is 6.92 Å². The summed E-state index contributed by atoms with van der Waals surface area (Å²) in [6, 6.07) is 0. The number of nitrogens with zero attached hydrogens (tertiary/aromatic N) is 1. The fraction of sp³-hybridized carbons (Fsp3) is 0.625. The number of carbonyl (C=O) groups is 1. The maximum Gasteiger partial charge on any atom is 0.271 e. The summed E-state index contributed by atoms with van der Waals surface area (Å²) < 4.78 is 5.00. The lowest BCUT2D eigenvalue weighted by Gasteiger charge is -2.12. The lowest BCUT2D eigenvalue weighted by atomic mass is 10.5. The van der Waals surface area contributed by atoms with Crippen LogP contribution in [0.4, 0.5) is 0 Å². The van der Waals surface area contributed by atoms with Crippen molar-refractivity contribution >= 4 is 5.91 Å². The molecule has 4 heteroatoms. The van der Waals surface area contributed by atoms with Crippen molar-refractivity contribution in [3.05, 3.63) is 12.2 Å². The molecule has 0 rings (SSSR count). The maximum atomic E-state index is 11.0. The van der Waals surface area contributed by atoms with E-state index in [9.17, 15) is 4.79 Å². The molecule has 0 unspecified atom stereocenters. The van der Waals surface area contributed by atoms with E-state index in [1.165, 1.54) is 7.11 Å². The molecular formula is C8H15NO3. The molecule has 1 amide bonds. The number of carbonyl (C=O) groups excluding carboxylic acids is 1. The molecule has 0 aliphatic rings. The topological polar surface area (TPSA) is 38.8 Å². The van der Waals surface area contributed by atoms with Crippen molar-refractivity contribution in [2.75, 3.05) is 27.4 Å². The number of amides is 1. The van der Waals surface area contributed by atoms with Crippen LogP contribution in [-0.4, -0.2) is 38.3 Å². The monoisotopic (exact) mass is 173 g/mol. The first-order valence-corrected chi connectivity index (χ1v) is 3.72. The Morgan fingerprint density at radius 3 is 2.75 bits per heavy atom. The number of hydroxylamine groups is 2. The van der Waals surface area contributed by atoms with Gasteiger partial charge in [0.15, 0.2) is 0 Å². The van der Waals surface area contributed by atoms with Gasteiger partial charge in [0.25, 0.3) is 5.91 Å². The van der Waals surface area contributed by atoms with Gasteiger partial charge in [-0.1, -0.05) is 12.2 Å². The van der Waals surface area contributed by atoms with Gasteiger partial charge < -0.3 is 4.74 Å². The van der Waals surface area contributed by atoms with E-state index in [-0.39, 0.29) is 12.5 Å². The number of hydrogen-bond donors (Lipinski definition) is 0. The average Bonchev–Trinajstić information content (AvgIpc) is 2.10. The van der Waals surface area contributed by atoms with E-state index in [1.54, 1.807) is 7.05 Å². The van der Waals surface area contributed by atoms with Crippen molar-refractivity contribution in [2.24, 2.45) is 0 Å². The summed E-state index contributed by atoms with van der Waals surface area (Å²) in [4.78, 5) is 15.6. The van der Waals surface area contributed by atoms with E-state index in [0.717, 1.165) is 5.06 Å². The molecule has 0 aliphatic heterocycles. The van der Waals surface area contributed by atoms with Gasteiger partial charge in [0.05, 0.1) is 13.7 Å². The molecule has 0 atom stereocenters. The number of rotatable bonds is 5. The van der Waals surface area contributed by atoms with Crippen molar-refractivity contribution in [1.82, 2.24) is 5.06 Å². The molecule has 0 N–H and O–H groups in total. The molecule has 0 saturated carbocycles. The second-order valence-electron chi connectivity index (χ2n) is 2.16. The minimum Gasteiger partial charge on any atom is -0.367 e. The first-order chi connectivity index (χ1) is 5.72. The van der Waals surface area contributed by atoms with Gasteiger partial charge in [0, 0.05) is 7.05 Å². The Bertz CT molecular complexity index is 156. The molecule has 0 heterocycles. The van der Waals surface area contributed by atoms with Gasteiger partial charge >= 0.3 is 0 Å². The first kappa shape index (κ1) is 11.1. The molecule has 0 radical (unpaired) electrons. The third-order valence-corrected chi connectivity index (χ3v) is 1.30. The van der Waals surface area contributed by atoms with Crippen LogP contribution in [0.25, 0.3) is 0 Å². The van der Waals surface area contributed by atoms with Crippen molar-refractivity contribution in [2.45, 2.75) is 6.92 Å². The number of hydrogen-bond acceptors (Lipinski definition) is 3. The largest absolute Gasteiger partial charge is 0.367 e. The van der Waals surface area contributed by atoms with Crippen LogP contribution in [-0.2, 0) is 14.4 Å². The zero-order valence-electron chi connectivity index (χ0n) is 7.74. The van der Waals surface area contributed by atoms with E-state index in [0.29, 0.717) is 6.61 Å². The third-order valence-electron chi connectivity index (χ3n) is 1.30. The first-order valence-electron chi connectivity index (χ1n) is 3.72. The smallest absolute Gasteiger partial charge is 0.271 e. The number of likely N-dealkylation sites (N-methyl/N-ethyl adjacent to an activating group) is 1. The van der Waals surface area contributed by atoms with Crippen molar-refractivity contribution in [3.63, 3.8) is 0 Å². The molecule has 0 saturated heterocycles. The normalized spacial score (nSPS) is 10.6. The van der Waals surface area contributed by atoms with Gasteiger partial charge in [-0.25, -0.2) is 5.06 Å². The van der Waals surface area contributed by atoms with Crippen LogP contribution in [0.2, 0.25) is 0 Å². The van der Waals surface area contributed by atoms with Crippen molar-refractivity contribution < 1.29 is 14.4 Å². The van der Waals surface area contributed by atoms with Crippen LogP contribution >= 0.6 is 0 Å². The molecule has 0 aromatic rings. The molecule has 12 heavy (non-hydrogen) atoms. The Morgan fingerprint density at radius 2 is 2.25 bits per heavy atom. The fourth-order valence-corrected chi connectivity index (χ4v) is 0.503. The van der Waals surface area contributed by atoms with Crippen molar-refractivity contribution in [3.8, 4) is 0 Å². The van der Waals surface area contributed by atoms with Crippen LogP contribution in [0, 0.1) is 0 Å². The summed E-state index contributed by atoms with van der Waals surface area (Å²) in [6.07, 6.45) is 3.70. The van der Waals surface area contributed by atoms with Gasteiger partial charge in [0.2, 0.25) is 0 Å². The van der Waals surface area contributed by atoms with E-state index < -0.39 is 0 Å². The predicted molar refractivity (Wildman–Crippen MR) is 45.4 cm³/mol. The Morgan fingerprint density at radius 1 is 1.58 bits per heavy atom. The SMILES string of the molecule is C/C=C/COCC(=O)N(C)OC. The van der Waals surface area contributed by atoms with Gasteiger partial charge in [0.1, 0.15) is 6.61 Å². The van der Waals surface area contributed by atoms with E-state index >= 15 is 0 Å². The van der Waals surface area contributed by atoms with Crippen LogP contribution in [0.5, 0.6) is 0 Å². The minimum atomic E-state index is -0.193. The molecular weight excluding hydrogens is 158 g/mol. The molecule has 0 spiro atoms. The van der Waals surface area contributed by atoms with Crippen LogP contribution < -0.4 is 0 Å². The van der Waals surface area contributed by atoms with Gasteiger partial charge in [-0.15, -0.1) is 0 Å². The quantitative estimate of drug-likeness (QED) is 0.347. The highest BCUT2D eigenvalue weighted by Gasteiger charge is 2.05. The van der Waals surface area contributed by atoms with Crippen LogP contribution in [0.3, 0.4) is 0 Å². The van der Waals surface area contributed by atoms with Crippen LogP contribution in [0.15, 0.2) is 12.2 Å². The average molecular weight is 173 g/mol. The Hall–Kier alpha value is -0.870. The lowest BCUT2D eigenvalue weighted by Crippen LogP contribution is -2.29. The second-order valence-corrected chi connectivity index (χ2v) is 2.16.